The van der Waals surface area contributed by atoms with Crippen LogP contribution in [0.5, 0.6) is 0 Å². The van der Waals surface area contributed by atoms with Crippen molar-refractivity contribution in [3.8, 4) is 11.6 Å². The zero-order valence-electron chi connectivity index (χ0n) is 16.1. The third kappa shape index (κ3) is 3.05. The lowest BCUT2D eigenvalue weighted by Gasteiger charge is -2.28. The highest BCUT2D eigenvalue weighted by Crippen LogP contribution is 2.32. The molecule has 0 radical (unpaired) electrons. The quantitative estimate of drug-likeness (QED) is 0.707. The molecule has 0 unspecified atom stereocenters. The van der Waals surface area contributed by atoms with Crippen molar-refractivity contribution in [3.63, 3.8) is 0 Å². The Morgan fingerprint density at radius 2 is 2.15 bits per heavy atom. The number of carbonyl (C=O) groups excluding carboxylic acids is 1. The molecule has 0 saturated heterocycles. The molecule has 1 aliphatic rings. The lowest BCUT2D eigenvalue weighted by Crippen LogP contribution is -2.36. The molecule has 0 fully saturated rings. The average molecular weight is 368 g/mol. The number of rotatable bonds is 4. The number of aryl methyl sites for hydroxylation is 2. The fourth-order valence-electron chi connectivity index (χ4n) is 3.51. The lowest BCUT2D eigenvalue weighted by atomic mass is 10.0. The molecule has 8 nitrogen and oxygen atoms in total. The van der Waals surface area contributed by atoms with Crippen LogP contribution in [0.15, 0.2) is 23.0 Å². The summed E-state index contributed by atoms with van der Waals surface area (Å²) in [6.45, 7) is 9.97. The summed E-state index contributed by atoms with van der Waals surface area (Å²) in [6, 6.07) is 0.230. The van der Waals surface area contributed by atoms with Gasteiger partial charge in [0.2, 0.25) is 5.89 Å². The zero-order chi connectivity index (χ0) is 19.1. The van der Waals surface area contributed by atoms with Gasteiger partial charge >= 0.3 is 0 Å². The van der Waals surface area contributed by atoms with Crippen LogP contribution in [0.1, 0.15) is 54.2 Å². The Bertz CT molecular complexity index is 980. The maximum Gasteiger partial charge on any atom is 0.257 e. The van der Waals surface area contributed by atoms with E-state index in [1.54, 1.807) is 23.3 Å². The van der Waals surface area contributed by atoms with Crippen molar-refractivity contribution in [3.05, 3.63) is 41.2 Å². The third-order valence-corrected chi connectivity index (χ3v) is 4.89. The van der Waals surface area contributed by atoms with Crippen molar-refractivity contribution in [2.24, 2.45) is 0 Å². The maximum atomic E-state index is 12.9. The summed E-state index contributed by atoms with van der Waals surface area (Å²) in [7, 11) is 0. The number of fused-ring (bicyclic) bond motifs is 1. The Morgan fingerprint density at radius 3 is 2.78 bits per heavy atom. The van der Waals surface area contributed by atoms with Crippen molar-refractivity contribution in [1.82, 2.24) is 29.4 Å². The van der Waals surface area contributed by atoms with Gasteiger partial charge in [-0.15, -0.1) is 0 Å². The van der Waals surface area contributed by atoms with Gasteiger partial charge in [-0.05, 0) is 27.7 Å². The molecule has 0 aromatic carbocycles. The molecule has 0 aliphatic carbocycles. The first-order valence-corrected chi connectivity index (χ1v) is 9.32. The molecule has 3 aromatic heterocycles. The van der Waals surface area contributed by atoms with E-state index in [0.717, 1.165) is 35.7 Å². The van der Waals surface area contributed by atoms with Gasteiger partial charge in [-0.25, -0.2) is 4.98 Å². The zero-order valence-corrected chi connectivity index (χ0v) is 16.1. The number of amides is 1. The van der Waals surface area contributed by atoms with Crippen LogP contribution in [0, 0.1) is 6.92 Å². The molecule has 142 valence electrons. The largest absolute Gasteiger partial charge is 0.440 e. The van der Waals surface area contributed by atoms with Crippen molar-refractivity contribution >= 4 is 5.91 Å². The van der Waals surface area contributed by atoms with Crippen LogP contribution in [0.3, 0.4) is 0 Å². The Labute approximate surface area is 157 Å². The van der Waals surface area contributed by atoms with Gasteiger partial charge in [-0.3, -0.25) is 14.2 Å². The molecular formula is C19H24N6O2. The van der Waals surface area contributed by atoms with Gasteiger partial charge < -0.3 is 9.32 Å². The van der Waals surface area contributed by atoms with E-state index >= 15 is 0 Å². The van der Waals surface area contributed by atoms with Gasteiger partial charge in [0.1, 0.15) is 5.76 Å². The Balaban J connectivity index is 1.69. The number of hydrogen-bond donors (Lipinski definition) is 0. The lowest BCUT2D eigenvalue weighted by molar-refractivity contribution is 0.0733. The summed E-state index contributed by atoms with van der Waals surface area (Å²) < 4.78 is 9.52. The summed E-state index contributed by atoms with van der Waals surface area (Å²) in [5.41, 5.74) is 3.52. The van der Waals surface area contributed by atoms with Gasteiger partial charge in [-0.1, -0.05) is 0 Å². The molecule has 3 aromatic rings. The molecular weight excluding hydrogens is 344 g/mol. The number of oxazole rings is 1. The molecule has 1 aliphatic heterocycles. The van der Waals surface area contributed by atoms with Gasteiger partial charge in [0.05, 0.1) is 24.5 Å². The first kappa shape index (κ1) is 17.5. The number of hydrogen-bond acceptors (Lipinski definition) is 5. The molecule has 8 heteroatoms. The number of carbonyl (C=O) groups is 1. The molecule has 0 spiro atoms. The van der Waals surface area contributed by atoms with Crippen molar-refractivity contribution in [1.29, 1.82) is 0 Å². The minimum Gasteiger partial charge on any atom is -0.440 e. The summed E-state index contributed by atoms with van der Waals surface area (Å²) >= 11 is 0. The van der Waals surface area contributed by atoms with E-state index in [1.165, 1.54) is 0 Å². The highest BCUT2D eigenvalue weighted by atomic mass is 16.4. The topological polar surface area (TPSA) is 82.0 Å². The second kappa shape index (κ2) is 6.68. The minimum atomic E-state index is -0.00724. The van der Waals surface area contributed by atoms with Crippen molar-refractivity contribution in [2.45, 2.75) is 53.2 Å². The van der Waals surface area contributed by atoms with Gasteiger partial charge in [0.15, 0.2) is 5.69 Å². The van der Waals surface area contributed by atoms with E-state index in [9.17, 15) is 4.79 Å². The molecule has 0 saturated carbocycles. The summed E-state index contributed by atoms with van der Waals surface area (Å²) in [4.78, 5) is 19.1. The molecule has 0 N–H and O–H groups in total. The summed E-state index contributed by atoms with van der Waals surface area (Å²) in [5, 5.41) is 8.98. The molecule has 1 amide bonds. The van der Waals surface area contributed by atoms with Crippen LogP contribution in [-0.2, 0) is 19.5 Å². The van der Waals surface area contributed by atoms with Gasteiger partial charge in [0, 0.05) is 43.0 Å². The van der Waals surface area contributed by atoms with Crippen LogP contribution >= 0.6 is 0 Å². The van der Waals surface area contributed by atoms with E-state index in [2.05, 4.69) is 23.9 Å². The fourth-order valence-corrected chi connectivity index (χ4v) is 3.51. The van der Waals surface area contributed by atoms with Gasteiger partial charge in [-0.2, -0.15) is 10.2 Å². The molecule has 27 heavy (non-hydrogen) atoms. The van der Waals surface area contributed by atoms with Crippen LogP contribution in [0.2, 0.25) is 0 Å². The first-order chi connectivity index (χ1) is 13.0. The van der Waals surface area contributed by atoms with Crippen LogP contribution in [0.25, 0.3) is 11.6 Å². The Hall–Kier alpha value is -2.90. The predicted octanol–water partition coefficient (Wildman–Crippen LogP) is 2.84. The summed E-state index contributed by atoms with van der Waals surface area (Å²) in [5.74, 6) is 1.25. The smallest absolute Gasteiger partial charge is 0.257 e. The van der Waals surface area contributed by atoms with Crippen LogP contribution in [0.4, 0.5) is 0 Å². The number of nitrogens with zero attached hydrogens (tertiary/aromatic N) is 6. The van der Waals surface area contributed by atoms with Gasteiger partial charge in [0.25, 0.3) is 5.91 Å². The van der Waals surface area contributed by atoms with Crippen LogP contribution < -0.4 is 0 Å². The van der Waals surface area contributed by atoms with Crippen molar-refractivity contribution in [2.75, 3.05) is 6.54 Å². The third-order valence-electron chi connectivity index (χ3n) is 4.89. The van der Waals surface area contributed by atoms with E-state index in [4.69, 9.17) is 9.52 Å². The average Bonchev–Trinajstić information content (AvgIpc) is 3.38. The van der Waals surface area contributed by atoms with E-state index < -0.39 is 0 Å². The standard InChI is InChI=1S/C19H24N6O2/c1-5-24-10-14(9-21-24)19(26)23-7-6-16-15(11-23)17(22-25(16)12(2)3)18-20-8-13(4)27-18/h8-10,12H,5-7,11H2,1-4H3. The molecule has 4 heterocycles. The first-order valence-electron chi connectivity index (χ1n) is 9.32. The monoisotopic (exact) mass is 368 g/mol. The van der Waals surface area contributed by atoms with Crippen molar-refractivity contribution < 1.29 is 9.21 Å². The SMILES string of the molecule is CCn1cc(C(=O)N2CCc3c(c(-c4ncc(C)o4)nn3C(C)C)C2)cn1. The maximum absolute atomic E-state index is 12.9. The van der Waals surface area contributed by atoms with E-state index in [-0.39, 0.29) is 11.9 Å². The highest BCUT2D eigenvalue weighted by molar-refractivity contribution is 5.94. The number of aromatic nitrogens is 5. The molecule has 4 rings (SSSR count). The second-order valence-electron chi connectivity index (χ2n) is 7.15. The Kier molecular flexibility index (Phi) is 4.33. The van der Waals surface area contributed by atoms with E-state index in [0.29, 0.717) is 24.5 Å². The fraction of sp³-hybridized carbons (Fsp3) is 0.474. The molecule has 0 atom stereocenters. The van der Waals surface area contributed by atoms with Crippen LogP contribution in [-0.4, -0.2) is 41.9 Å². The van der Waals surface area contributed by atoms with E-state index in [1.807, 2.05) is 23.4 Å². The highest BCUT2D eigenvalue weighted by Gasteiger charge is 2.31. The molecule has 0 bridgehead atoms. The normalized spacial score (nSPS) is 14.0. The minimum absolute atomic E-state index is 0.00724. The summed E-state index contributed by atoms with van der Waals surface area (Å²) in [6.07, 6.45) is 5.89. The second-order valence-corrected chi connectivity index (χ2v) is 7.15. The predicted molar refractivity (Wildman–Crippen MR) is 99.2 cm³/mol. The Morgan fingerprint density at radius 1 is 1.33 bits per heavy atom.